The Morgan fingerprint density at radius 2 is 1.89 bits per heavy atom. The molecule has 1 aromatic carbocycles. The van der Waals surface area contributed by atoms with Gasteiger partial charge in [-0.3, -0.25) is 0 Å². The molecule has 0 bridgehead atoms. The predicted octanol–water partition coefficient (Wildman–Crippen LogP) is 3.14. The highest BCUT2D eigenvalue weighted by atomic mass is 35.5. The Kier molecular flexibility index (Phi) is 8.20. The summed E-state index contributed by atoms with van der Waals surface area (Å²) in [6, 6.07) is 5.40. The summed E-state index contributed by atoms with van der Waals surface area (Å²) < 4.78 is 43.5. The normalized spacial score (nSPS) is 18.6. The van der Waals surface area contributed by atoms with Crippen LogP contribution in [0.15, 0.2) is 57.2 Å². The zero-order valence-electron chi connectivity index (χ0n) is 20.0. The van der Waals surface area contributed by atoms with Gasteiger partial charge in [0.2, 0.25) is 10.0 Å². The molecule has 1 unspecified atom stereocenters. The van der Waals surface area contributed by atoms with E-state index in [9.17, 15) is 22.8 Å². The molecule has 0 saturated carbocycles. The number of piperidine rings is 1. The van der Waals surface area contributed by atoms with Gasteiger partial charge in [0.05, 0.1) is 34.7 Å². The highest BCUT2D eigenvalue weighted by Crippen LogP contribution is 2.30. The SMILES string of the molecule is CCOC(=O)C1=C(COC(=O)c2ccc(Cl)c(S(=O)(=O)N3CCCCC3)c2)NC(=O)NC1c1ccco1. The number of hydrogen-bond acceptors (Lipinski definition) is 8. The lowest BCUT2D eigenvalue weighted by molar-refractivity contribution is -0.139. The van der Waals surface area contributed by atoms with Gasteiger partial charge < -0.3 is 24.5 Å². The second kappa shape index (κ2) is 11.4. The predicted molar refractivity (Wildman–Crippen MR) is 131 cm³/mol. The zero-order chi connectivity index (χ0) is 26.6. The summed E-state index contributed by atoms with van der Waals surface area (Å²) in [5.74, 6) is -1.32. The first kappa shape index (κ1) is 26.7. The van der Waals surface area contributed by atoms with Gasteiger partial charge in [-0.15, -0.1) is 0 Å². The van der Waals surface area contributed by atoms with Crippen molar-refractivity contribution in [3.8, 4) is 0 Å². The molecule has 1 aromatic heterocycles. The molecule has 198 valence electrons. The van der Waals surface area contributed by atoms with Crippen molar-refractivity contribution in [3.63, 3.8) is 0 Å². The standard InChI is InChI=1S/C24H26ClN3O8S/c1-2-34-23(30)20-17(26-24(31)27-21(20)18-7-6-12-35-18)14-36-22(29)15-8-9-16(25)19(13-15)37(32,33)28-10-4-3-5-11-28/h6-9,12-13,21H,2-5,10-11,14H2,1H3,(H2,26,27,31). The van der Waals surface area contributed by atoms with E-state index in [0.29, 0.717) is 13.1 Å². The van der Waals surface area contributed by atoms with Crippen LogP contribution in [0.3, 0.4) is 0 Å². The second-order valence-electron chi connectivity index (χ2n) is 8.35. The number of esters is 2. The lowest BCUT2D eigenvalue weighted by Crippen LogP contribution is -2.47. The van der Waals surface area contributed by atoms with E-state index in [1.807, 2.05) is 0 Å². The van der Waals surface area contributed by atoms with E-state index in [1.54, 1.807) is 19.1 Å². The Bertz CT molecular complexity index is 1320. The number of nitrogens with zero attached hydrogens (tertiary/aromatic N) is 1. The summed E-state index contributed by atoms with van der Waals surface area (Å²) in [5.41, 5.74) is -0.0399. The number of amides is 2. The van der Waals surface area contributed by atoms with Crippen molar-refractivity contribution in [1.82, 2.24) is 14.9 Å². The average molecular weight is 552 g/mol. The van der Waals surface area contributed by atoms with Crippen LogP contribution in [0.1, 0.15) is 48.3 Å². The maximum Gasteiger partial charge on any atom is 0.338 e. The van der Waals surface area contributed by atoms with Crippen LogP contribution in [0, 0.1) is 0 Å². The molecule has 2 aromatic rings. The van der Waals surface area contributed by atoms with E-state index in [0.717, 1.165) is 19.3 Å². The molecule has 2 aliphatic rings. The minimum Gasteiger partial charge on any atom is -0.467 e. The van der Waals surface area contributed by atoms with Gasteiger partial charge in [0, 0.05) is 13.1 Å². The summed E-state index contributed by atoms with van der Waals surface area (Å²) in [7, 11) is -3.90. The molecular weight excluding hydrogens is 526 g/mol. The monoisotopic (exact) mass is 551 g/mol. The smallest absolute Gasteiger partial charge is 0.338 e. The molecule has 13 heteroatoms. The van der Waals surface area contributed by atoms with Crippen molar-refractivity contribution in [2.45, 2.75) is 37.1 Å². The largest absolute Gasteiger partial charge is 0.467 e. The molecule has 1 saturated heterocycles. The van der Waals surface area contributed by atoms with E-state index in [4.69, 9.17) is 25.5 Å². The molecule has 1 fully saturated rings. The van der Waals surface area contributed by atoms with E-state index >= 15 is 0 Å². The fourth-order valence-electron chi connectivity index (χ4n) is 4.14. The first-order chi connectivity index (χ1) is 17.7. The molecule has 1 atom stereocenters. The molecule has 3 heterocycles. The fourth-order valence-corrected chi connectivity index (χ4v) is 6.16. The Labute approximate surface area is 218 Å². The number of nitrogens with one attached hydrogen (secondary N) is 2. The van der Waals surface area contributed by atoms with Crippen molar-refractivity contribution >= 4 is 39.6 Å². The maximum atomic E-state index is 13.1. The van der Waals surface area contributed by atoms with Crippen molar-refractivity contribution in [2.24, 2.45) is 0 Å². The third-order valence-electron chi connectivity index (χ3n) is 5.92. The van der Waals surface area contributed by atoms with Crippen LogP contribution < -0.4 is 10.6 Å². The van der Waals surface area contributed by atoms with Crippen LogP contribution in [-0.4, -0.2) is 57.0 Å². The van der Waals surface area contributed by atoms with Gasteiger partial charge in [-0.2, -0.15) is 4.31 Å². The lowest BCUT2D eigenvalue weighted by atomic mass is 10.0. The molecule has 2 amide bonds. The van der Waals surface area contributed by atoms with Gasteiger partial charge >= 0.3 is 18.0 Å². The number of halogens is 1. The minimum atomic E-state index is -3.90. The maximum absolute atomic E-state index is 13.1. The Morgan fingerprint density at radius 3 is 2.57 bits per heavy atom. The molecule has 2 aliphatic heterocycles. The highest BCUT2D eigenvalue weighted by molar-refractivity contribution is 7.89. The molecule has 2 N–H and O–H groups in total. The van der Waals surface area contributed by atoms with Crippen LogP contribution in [-0.2, 0) is 24.3 Å². The third kappa shape index (κ3) is 5.81. The molecule has 4 rings (SSSR count). The van der Waals surface area contributed by atoms with Crippen molar-refractivity contribution in [3.05, 3.63) is 64.2 Å². The number of furan rings is 1. The van der Waals surface area contributed by atoms with Crippen LogP contribution in [0.2, 0.25) is 5.02 Å². The number of ether oxygens (including phenoxy) is 2. The van der Waals surface area contributed by atoms with E-state index in [1.165, 1.54) is 28.8 Å². The summed E-state index contributed by atoms with van der Waals surface area (Å²) in [4.78, 5) is 37.7. The Balaban J connectivity index is 1.59. The first-order valence-corrected chi connectivity index (χ1v) is 13.5. The summed E-state index contributed by atoms with van der Waals surface area (Å²) in [6.07, 6.45) is 3.83. The number of carbonyl (C=O) groups is 3. The molecular formula is C24H26ClN3O8S. The topological polar surface area (TPSA) is 144 Å². The lowest BCUT2D eigenvalue weighted by Gasteiger charge is -2.27. The third-order valence-corrected chi connectivity index (χ3v) is 8.30. The molecule has 0 aliphatic carbocycles. The molecule has 0 radical (unpaired) electrons. The zero-order valence-corrected chi connectivity index (χ0v) is 21.6. The average Bonchev–Trinajstić information content (AvgIpc) is 3.43. The van der Waals surface area contributed by atoms with Crippen LogP contribution in [0.5, 0.6) is 0 Å². The van der Waals surface area contributed by atoms with Gasteiger partial charge in [-0.25, -0.2) is 22.8 Å². The highest BCUT2D eigenvalue weighted by Gasteiger charge is 2.36. The number of urea groups is 1. The van der Waals surface area contributed by atoms with Crippen molar-refractivity contribution in [1.29, 1.82) is 0 Å². The number of hydrogen-bond donors (Lipinski definition) is 2. The fraction of sp³-hybridized carbons (Fsp3) is 0.375. The van der Waals surface area contributed by atoms with Crippen LogP contribution in [0.25, 0.3) is 0 Å². The number of benzene rings is 1. The molecule has 11 nitrogen and oxygen atoms in total. The number of rotatable bonds is 8. The van der Waals surface area contributed by atoms with Crippen molar-refractivity contribution in [2.75, 3.05) is 26.3 Å². The first-order valence-electron chi connectivity index (χ1n) is 11.7. The quantitative estimate of drug-likeness (QED) is 0.476. The van der Waals surface area contributed by atoms with Gasteiger partial charge in [0.1, 0.15) is 23.3 Å². The van der Waals surface area contributed by atoms with Gasteiger partial charge in [0.25, 0.3) is 0 Å². The van der Waals surface area contributed by atoms with E-state index in [2.05, 4.69) is 10.6 Å². The van der Waals surface area contributed by atoms with Crippen LogP contribution >= 0.6 is 11.6 Å². The molecule has 0 spiro atoms. The van der Waals surface area contributed by atoms with Gasteiger partial charge in [-0.1, -0.05) is 18.0 Å². The Hall–Kier alpha value is -3.35. The summed E-state index contributed by atoms with van der Waals surface area (Å²) >= 11 is 6.19. The number of carbonyl (C=O) groups excluding carboxylic acids is 3. The van der Waals surface area contributed by atoms with E-state index < -0.39 is 40.6 Å². The number of sulfonamides is 1. The van der Waals surface area contributed by atoms with Crippen LogP contribution in [0.4, 0.5) is 4.79 Å². The minimum absolute atomic E-state index is 0.00655. The Morgan fingerprint density at radius 1 is 1.14 bits per heavy atom. The molecule has 37 heavy (non-hydrogen) atoms. The summed E-state index contributed by atoms with van der Waals surface area (Å²) in [6.45, 7) is 1.97. The van der Waals surface area contributed by atoms with Gasteiger partial charge in [0.15, 0.2) is 0 Å². The van der Waals surface area contributed by atoms with Crippen molar-refractivity contribution < 1.29 is 36.7 Å². The van der Waals surface area contributed by atoms with E-state index in [-0.39, 0.29) is 39.1 Å². The van der Waals surface area contributed by atoms with Gasteiger partial charge in [-0.05, 0) is 50.1 Å². The summed E-state index contributed by atoms with van der Waals surface area (Å²) in [5, 5.41) is 5.06. The second-order valence-corrected chi connectivity index (χ2v) is 10.7.